The highest BCUT2D eigenvalue weighted by atomic mass is 16.4. The summed E-state index contributed by atoms with van der Waals surface area (Å²) < 4.78 is 0. The molecule has 0 unspecified atom stereocenters. The van der Waals surface area contributed by atoms with Crippen molar-refractivity contribution in [3.63, 3.8) is 0 Å². The van der Waals surface area contributed by atoms with Gasteiger partial charge in [0.15, 0.2) is 0 Å². The number of carboxylic acids is 1. The zero-order valence-corrected chi connectivity index (χ0v) is 9.74. The average molecular weight is 228 g/mol. The Hall–Kier alpha value is -1.10. The van der Waals surface area contributed by atoms with E-state index in [2.05, 4.69) is 17.1 Å². The van der Waals surface area contributed by atoms with E-state index in [0.29, 0.717) is 12.5 Å². The molecule has 1 amide bonds. The minimum atomic E-state index is -1.07. The summed E-state index contributed by atoms with van der Waals surface area (Å²) in [5.74, 6) is -0.954. The molecular formula is C11H20N2O3. The maximum absolute atomic E-state index is 11.1. The van der Waals surface area contributed by atoms with Crippen LogP contribution in [0.15, 0.2) is 0 Å². The van der Waals surface area contributed by atoms with Gasteiger partial charge in [0.1, 0.15) is 6.42 Å². The molecule has 0 atom stereocenters. The summed E-state index contributed by atoms with van der Waals surface area (Å²) in [5, 5.41) is 11.1. The summed E-state index contributed by atoms with van der Waals surface area (Å²) in [6.07, 6.45) is 1.75. The topological polar surface area (TPSA) is 69.6 Å². The van der Waals surface area contributed by atoms with E-state index in [1.54, 1.807) is 0 Å². The van der Waals surface area contributed by atoms with E-state index in [1.807, 2.05) is 0 Å². The summed E-state index contributed by atoms with van der Waals surface area (Å²) >= 11 is 0. The van der Waals surface area contributed by atoms with Gasteiger partial charge < -0.3 is 15.3 Å². The summed E-state index contributed by atoms with van der Waals surface area (Å²) in [6, 6.07) is 0. The zero-order valence-electron chi connectivity index (χ0n) is 9.74. The molecule has 0 spiro atoms. The number of carbonyl (C=O) groups excluding carboxylic acids is 1. The monoisotopic (exact) mass is 228 g/mol. The SMILES string of the molecule is CCN1CCC(CNC(=O)CC(=O)O)CC1. The van der Waals surface area contributed by atoms with Crippen molar-refractivity contribution in [1.29, 1.82) is 0 Å². The fraction of sp³-hybridized carbons (Fsp3) is 0.818. The van der Waals surface area contributed by atoms with Crippen LogP contribution in [-0.2, 0) is 9.59 Å². The third-order valence-corrected chi connectivity index (χ3v) is 3.05. The number of likely N-dealkylation sites (tertiary alicyclic amines) is 1. The van der Waals surface area contributed by atoms with Crippen LogP contribution in [0.2, 0.25) is 0 Å². The highest BCUT2D eigenvalue weighted by molar-refractivity contribution is 5.93. The number of amides is 1. The van der Waals surface area contributed by atoms with Crippen LogP contribution in [0.4, 0.5) is 0 Å². The van der Waals surface area contributed by atoms with Crippen molar-refractivity contribution < 1.29 is 14.7 Å². The maximum atomic E-state index is 11.1. The van der Waals surface area contributed by atoms with Crippen molar-refractivity contribution in [3.05, 3.63) is 0 Å². The van der Waals surface area contributed by atoms with E-state index in [9.17, 15) is 9.59 Å². The Morgan fingerprint density at radius 1 is 1.38 bits per heavy atom. The van der Waals surface area contributed by atoms with Crippen molar-refractivity contribution in [2.45, 2.75) is 26.2 Å². The van der Waals surface area contributed by atoms with Gasteiger partial charge >= 0.3 is 5.97 Å². The first-order valence-corrected chi connectivity index (χ1v) is 5.82. The highest BCUT2D eigenvalue weighted by Crippen LogP contribution is 2.15. The molecule has 1 heterocycles. The summed E-state index contributed by atoms with van der Waals surface area (Å²) in [6.45, 7) is 6.00. The standard InChI is InChI=1S/C11H20N2O3/c1-2-13-5-3-9(4-6-13)8-12-10(14)7-11(15)16/h9H,2-8H2,1H3,(H,12,14)(H,15,16). The lowest BCUT2D eigenvalue weighted by Crippen LogP contribution is -2.38. The molecule has 2 N–H and O–H groups in total. The van der Waals surface area contributed by atoms with E-state index in [-0.39, 0.29) is 5.91 Å². The van der Waals surface area contributed by atoms with Crippen LogP contribution in [-0.4, -0.2) is 48.1 Å². The number of nitrogens with one attached hydrogen (secondary N) is 1. The maximum Gasteiger partial charge on any atom is 0.312 e. The van der Waals surface area contributed by atoms with E-state index >= 15 is 0 Å². The van der Waals surface area contributed by atoms with Crippen LogP contribution in [0.5, 0.6) is 0 Å². The molecule has 0 radical (unpaired) electrons. The Balaban J connectivity index is 2.14. The van der Waals surface area contributed by atoms with E-state index in [0.717, 1.165) is 32.5 Å². The second-order valence-electron chi connectivity index (χ2n) is 4.25. The number of carbonyl (C=O) groups is 2. The number of rotatable bonds is 5. The van der Waals surface area contributed by atoms with Gasteiger partial charge in [-0.2, -0.15) is 0 Å². The predicted octanol–water partition coefficient (Wildman–Crippen LogP) is 0.309. The Morgan fingerprint density at radius 2 is 2.00 bits per heavy atom. The molecule has 92 valence electrons. The van der Waals surface area contributed by atoms with Gasteiger partial charge in [0.05, 0.1) is 0 Å². The fourth-order valence-corrected chi connectivity index (χ4v) is 1.96. The second-order valence-corrected chi connectivity index (χ2v) is 4.25. The molecule has 0 aromatic carbocycles. The second kappa shape index (κ2) is 6.48. The summed E-state index contributed by atoms with van der Waals surface area (Å²) in [4.78, 5) is 23.8. The van der Waals surface area contributed by atoms with Gasteiger partial charge in [0.2, 0.25) is 5.91 Å². The molecule has 0 aromatic rings. The Labute approximate surface area is 95.8 Å². The van der Waals surface area contributed by atoms with E-state index in [4.69, 9.17) is 5.11 Å². The largest absolute Gasteiger partial charge is 0.481 e. The third-order valence-electron chi connectivity index (χ3n) is 3.05. The molecule has 0 aliphatic carbocycles. The predicted molar refractivity (Wildman–Crippen MR) is 60.1 cm³/mol. The number of piperidine rings is 1. The molecule has 1 saturated heterocycles. The minimum absolute atomic E-state index is 0.384. The van der Waals surface area contributed by atoms with E-state index < -0.39 is 12.4 Å². The summed E-state index contributed by atoms with van der Waals surface area (Å²) in [7, 11) is 0. The number of hydrogen-bond donors (Lipinski definition) is 2. The smallest absolute Gasteiger partial charge is 0.312 e. The quantitative estimate of drug-likeness (QED) is 0.664. The van der Waals surface area contributed by atoms with Crippen LogP contribution in [0.1, 0.15) is 26.2 Å². The lowest BCUT2D eigenvalue weighted by atomic mass is 9.97. The van der Waals surface area contributed by atoms with Crippen LogP contribution in [0.25, 0.3) is 0 Å². The third kappa shape index (κ3) is 4.61. The summed E-state index contributed by atoms with van der Waals surface area (Å²) in [5.41, 5.74) is 0. The number of carboxylic acid groups (broad SMARTS) is 1. The van der Waals surface area contributed by atoms with Gasteiger partial charge in [-0.05, 0) is 38.4 Å². The van der Waals surface area contributed by atoms with Gasteiger partial charge in [-0.3, -0.25) is 9.59 Å². The Morgan fingerprint density at radius 3 is 2.50 bits per heavy atom. The lowest BCUT2D eigenvalue weighted by molar-refractivity contribution is -0.140. The molecule has 1 aliphatic heterocycles. The highest BCUT2D eigenvalue weighted by Gasteiger charge is 2.18. The van der Waals surface area contributed by atoms with Gasteiger partial charge in [0.25, 0.3) is 0 Å². The minimum Gasteiger partial charge on any atom is -0.481 e. The number of hydrogen-bond acceptors (Lipinski definition) is 3. The van der Waals surface area contributed by atoms with Crippen LogP contribution in [0.3, 0.4) is 0 Å². The molecule has 0 aromatic heterocycles. The molecule has 1 aliphatic rings. The van der Waals surface area contributed by atoms with Crippen molar-refractivity contribution >= 4 is 11.9 Å². The molecule has 0 bridgehead atoms. The fourth-order valence-electron chi connectivity index (χ4n) is 1.96. The van der Waals surface area contributed by atoms with Gasteiger partial charge in [0, 0.05) is 6.54 Å². The van der Waals surface area contributed by atoms with Crippen molar-refractivity contribution in [2.75, 3.05) is 26.2 Å². The van der Waals surface area contributed by atoms with Gasteiger partial charge in [-0.25, -0.2) is 0 Å². The van der Waals surface area contributed by atoms with Crippen LogP contribution in [0, 0.1) is 5.92 Å². The molecule has 1 rings (SSSR count). The molecule has 5 nitrogen and oxygen atoms in total. The van der Waals surface area contributed by atoms with Crippen LogP contribution < -0.4 is 5.32 Å². The Kier molecular flexibility index (Phi) is 5.25. The van der Waals surface area contributed by atoms with Gasteiger partial charge in [-0.15, -0.1) is 0 Å². The molecule has 5 heteroatoms. The number of aliphatic carboxylic acids is 1. The first-order valence-electron chi connectivity index (χ1n) is 5.82. The van der Waals surface area contributed by atoms with Crippen molar-refractivity contribution in [2.24, 2.45) is 5.92 Å². The molecule has 1 fully saturated rings. The first kappa shape index (κ1) is 13.0. The van der Waals surface area contributed by atoms with Gasteiger partial charge in [-0.1, -0.05) is 6.92 Å². The lowest BCUT2D eigenvalue weighted by Gasteiger charge is -2.30. The molecular weight excluding hydrogens is 208 g/mol. The normalized spacial score (nSPS) is 18.3. The molecule has 0 saturated carbocycles. The number of nitrogens with zero attached hydrogens (tertiary/aromatic N) is 1. The van der Waals surface area contributed by atoms with Crippen molar-refractivity contribution in [3.8, 4) is 0 Å². The average Bonchev–Trinajstić information content (AvgIpc) is 2.26. The van der Waals surface area contributed by atoms with E-state index in [1.165, 1.54) is 0 Å². The van der Waals surface area contributed by atoms with Crippen molar-refractivity contribution in [1.82, 2.24) is 10.2 Å². The first-order chi connectivity index (χ1) is 7.61. The molecule has 16 heavy (non-hydrogen) atoms. The zero-order chi connectivity index (χ0) is 12.0. The Bertz CT molecular complexity index is 248. The van der Waals surface area contributed by atoms with Crippen LogP contribution >= 0.6 is 0 Å².